The molecule has 0 aliphatic carbocycles. The number of carbonyl (C=O) groups excluding carboxylic acids is 1. The van der Waals surface area contributed by atoms with E-state index in [-0.39, 0.29) is 5.91 Å². The molecule has 5 rings (SSSR count). The first-order valence-electron chi connectivity index (χ1n) is 7.22. The highest BCUT2D eigenvalue weighted by molar-refractivity contribution is 6.13. The van der Waals surface area contributed by atoms with Crippen LogP contribution in [-0.4, -0.2) is 25.2 Å². The highest BCUT2D eigenvalue weighted by atomic mass is 16.2. The Labute approximate surface area is 130 Å². The van der Waals surface area contributed by atoms with Crippen molar-refractivity contribution in [3.63, 3.8) is 0 Å². The van der Waals surface area contributed by atoms with Gasteiger partial charge in [0, 0.05) is 0 Å². The maximum atomic E-state index is 12.8. The van der Waals surface area contributed by atoms with Crippen molar-refractivity contribution in [2.75, 3.05) is 5.73 Å². The van der Waals surface area contributed by atoms with Gasteiger partial charge < -0.3 is 5.73 Å². The first-order chi connectivity index (χ1) is 11.3. The Kier molecular flexibility index (Phi) is 2.15. The number of imidazole rings is 1. The number of hydrogen-bond acceptors (Lipinski definition) is 4. The number of nitrogen functional groups attached to an aromatic ring is 1. The van der Waals surface area contributed by atoms with Crippen molar-refractivity contribution in [2.45, 2.75) is 0 Å². The molecular weight excluding hydrogens is 290 g/mol. The van der Waals surface area contributed by atoms with Crippen LogP contribution in [0.25, 0.3) is 28.1 Å². The molecule has 0 amide bonds. The van der Waals surface area contributed by atoms with Gasteiger partial charge in [-0.1, -0.05) is 30.3 Å². The quantitative estimate of drug-likeness (QED) is 0.516. The molecule has 6 nitrogen and oxygen atoms in total. The maximum Gasteiger partial charge on any atom is 0.285 e. The lowest BCUT2D eigenvalue weighted by molar-refractivity contribution is 0.0968. The average molecular weight is 301 g/mol. The van der Waals surface area contributed by atoms with Crippen LogP contribution in [0, 0.1) is 0 Å². The van der Waals surface area contributed by atoms with E-state index in [0.717, 1.165) is 16.7 Å². The second kappa shape index (κ2) is 4.07. The number of carbonyl (C=O) groups is 1. The fourth-order valence-electron chi connectivity index (χ4n) is 3.07. The first kappa shape index (κ1) is 12.2. The van der Waals surface area contributed by atoms with Crippen LogP contribution < -0.4 is 5.73 Å². The van der Waals surface area contributed by atoms with Crippen molar-refractivity contribution in [2.24, 2.45) is 0 Å². The molecule has 2 aromatic carbocycles. The van der Waals surface area contributed by atoms with Crippen LogP contribution in [0.2, 0.25) is 0 Å². The summed E-state index contributed by atoms with van der Waals surface area (Å²) in [7, 11) is 0. The SMILES string of the molecule is Nc1c2c(nn1-c1ccccc1)C(=O)n1c-2nc2ccccc21. The van der Waals surface area contributed by atoms with Gasteiger partial charge in [0.2, 0.25) is 0 Å². The summed E-state index contributed by atoms with van der Waals surface area (Å²) in [4.78, 5) is 17.3. The molecule has 23 heavy (non-hydrogen) atoms. The summed E-state index contributed by atoms with van der Waals surface area (Å²) in [6, 6.07) is 17.0. The van der Waals surface area contributed by atoms with Gasteiger partial charge in [0.1, 0.15) is 5.82 Å². The zero-order chi connectivity index (χ0) is 15.6. The minimum atomic E-state index is -0.190. The number of aromatic nitrogens is 4. The number of rotatable bonds is 1. The standard InChI is InChI=1S/C17H11N5O/c18-15-13-14(20-22(15)10-6-2-1-3-7-10)17(23)21-12-9-5-4-8-11(12)19-16(13)21/h1-9H,18H2. The van der Waals surface area contributed by atoms with Crippen molar-refractivity contribution >= 4 is 22.8 Å². The van der Waals surface area contributed by atoms with Crippen LogP contribution >= 0.6 is 0 Å². The van der Waals surface area contributed by atoms with Crippen molar-refractivity contribution in [1.29, 1.82) is 0 Å². The van der Waals surface area contributed by atoms with E-state index >= 15 is 0 Å². The van der Waals surface area contributed by atoms with Gasteiger partial charge in [-0.25, -0.2) is 9.67 Å². The normalized spacial score (nSPS) is 12.6. The Morgan fingerprint density at radius 1 is 0.957 bits per heavy atom. The van der Waals surface area contributed by atoms with Gasteiger partial charge in [-0.3, -0.25) is 9.36 Å². The van der Waals surface area contributed by atoms with Gasteiger partial charge in [0.15, 0.2) is 11.5 Å². The largest absolute Gasteiger partial charge is 0.383 e. The molecule has 0 fully saturated rings. The number of nitrogens with two attached hydrogens (primary N) is 1. The predicted molar refractivity (Wildman–Crippen MR) is 86.4 cm³/mol. The Morgan fingerprint density at radius 2 is 1.70 bits per heavy atom. The van der Waals surface area contributed by atoms with Gasteiger partial charge >= 0.3 is 0 Å². The molecule has 0 spiro atoms. The molecule has 110 valence electrons. The summed E-state index contributed by atoms with van der Waals surface area (Å²) in [6.45, 7) is 0. The molecule has 0 bridgehead atoms. The zero-order valence-corrected chi connectivity index (χ0v) is 12.0. The van der Waals surface area contributed by atoms with E-state index < -0.39 is 0 Å². The molecule has 0 radical (unpaired) electrons. The van der Waals surface area contributed by atoms with Crippen LogP contribution in [0.4, 0.5) is 5.82 Å². The molecule has 0 saturated heterocycles. The number of fused-ring (bicyclic) bond motifs is 5. The molecular formula is C17H11N5O. The fraction of sp³-hybridized carbons (Fsp3) is 0. The number of benzene rings is 2. The lowest BCUT2D eigenvalue weighted by atomic mass is 10.2. The van der Waals surface area contributed by atoms with Crippen LogP contribution in [0.3, 0.4) is 0 Å². The van der Waals surface area contributed by atoms with E-state index in [1.165, 1.54) is 0 Å². The second-order valence-electron chi connectivity index (χ2n) is 5.42. The van der Waals surface area contributed by atoms with E-state index in [1.807, 2.05) is 54.6 Å². The monoisotopic (exact) mass is 301 g/mol. The summed E-state index contributed by atoms with van der Waals surface area (Å²) in [5.74, 6) is 0.796. The fourth-order valence-corrected chi connectivity index (χ4v) is 3.07. The summed E-state index contributed by atoms with van der Waals surface area (Å²) in [5, 5.41) is 4.42. The smallest absolute Gasteiger partial charge is 0.285 e. The second-order valence-corrected chi connectivity index (χ2v) is 5.42. The number of nitrogens with zero attached hydrogens (tertiary/aromatic N) is 4. The highest BCUT2D eigenvalue weighted by Crippen LogP contribution is 2.38. The van der Waals surface area contributed by atoms with Crippen LogP contribution in [-0.2, 0) is 0 Å². The summed E-state index contributed by atoms with van der Waals surface area (Å²) in [5.41, 5.74) is 9.59. The van der Waals surface area contributed by atoms with E-state index in [4.69, 9.17) is 5.73 Å². The molecule has 4 aromatic rings. The Hall–Kier alpha value is -3.41. The molecule has 0 saturated carbocycles. The Morgan fingerprint density at radius 3 is 2.52 bits per heavy atom. The molecule has 0 unspecified atom stereocenters. The predicted octanol–water partition coefficient (Wildman–Crippen LogP) is 2.47. The molecule has 6 heteroatoms. The Balaban J connectivity index is 1.82. The molecule has 1 aliphatic heterocycles. The number of para-hydroxylation sites is 3. The van der Waals surface area contributed by atoms with E-state index in [2.05, 4.69) is 10.1 Å². The van der Waals surface area contributed by atoms with Crippen molar-refractivity contribution in [3.05, 3.63) is 60.3 Å². The van der Waals surface area contributed by atoms with Crippen molar-refractivity contribution in [1.82, 2.24) is 19.3 Å². The summed E-state index contributed by atoms with van der Waals surface area (Å²) < 4.78 is 3.17. The van der Waals surface area contributed by atoms with Crippen LogP contribution in [0.1, 0.15) is 10.5 Å². The van der Waals surface area contributed by atoms with Gasteiger partial charge in [-0.15, -0.1) is 0 Å². The zero-order valence-electron chi connectivity index (χ0n) is 12.0. The summed E-state index contributed by atoms with van der Waals surface area (Å²) >= 11 is 0. The van der Waals surface area contributed by atoms with Gasteiger partial charge in [0.25, 0.3) is 5.91 Å². The topological polar surface area (TPSA) is 78.7 Å². The van der Waals surface area contributed by atoms with Crippen LogP contribution in [0.5, 0.6) is 0 Å². The minimum Gasteiger partial charge on any atom is -0.383 e. The highest BCUT2D eigenvalue weighted by Gasteiger charge is 2.36. The average Bonchev–Trinajstić information content (AvgIpc) is 3.20. The van der Waals surface area contributed by atoms with Crippen LogP contribution in [0.15, 0.2) is 54.6 Å². The summed E-state index contributed by atoms with van der Waals surface area (Å²) in [6.07, 6.45) is 0. The van der Waals surface area contributed by atoms with E-state index in [0.29, 0.717) is 22.9 Å². The molecule has 0 atom stereocenters. The molecule has 1 aliphatic rings. The number of hydrogen-bond donors (Lipinski definition) is 1. The minimum absolute atomic E-state index is 0.190. The maximum absolute atomic E-state index is 12.8. The van der Waals surface area contributed by atoms with E-state index in [9.17, 15) is 4.79 Å². The third kappa shape index (κ3) is 1.44. The van der Waals surface area contributed by atoms with Gasteiger partial charge in [-0.05, 0) is 24.3 Å². The molecule has 2 aromatic heterocycles. The third-order valence-electron chi connectivity index (χ3n) is 4.11. The lowest BCUT2D eigenvalue weighted by Crippen LogP contribution is -2.10. The third-order valence-corrected chi connectivity index (χ3v) is 4.11. The van der Waals surface area contributed by atoms with Crippen molar-refractivity contribution < 1.29 is 4.79 Å². The van der Waals surface area contributed by atoms with Crippen molar-refractivity contribution in [3.8, 4) is 17.1 Å². The molecule has 3 heterocycles. The lowest BCUT2D eigenvalue weighted by Gasteiger charge is -2.05. The van der Waals surface area contributed by atoms with Gasteiger partial charge in [0.05, 0.1) is 22.3 Å². The van der Waals surface area contributed by atoms with Gasteiger partial charge in [-0.2, -0.15) is 5.10 Å². The first-order valence-corrected chi connectivity index (χ1v) is 7.22. The van der Waals surface area contributed by atoms with E-state index in [1.54, 1.807) is 9.25 Å². The molecule has 2 N–H and O–H groups in total. The number of anilines is 1. The Bertz CT molecular complexity index is 1090.